The van der Waals surface area contributed by atoms with Crippen molar-refractivity contribution in [3.05, 3.63) is 83.3 Å². The van der Waals surface area contributed by atoms with Crippen molar-refractivity contribution >= 4 is 21.6 Å². The molecule has 1 aromatic heterocycles. The molecule has 0 fully saturated rings. The Kier molecular flexibility index (Phi) is 5.56. The molecule has 0 bridgehead atoms. The standard InChI is InChI=1S/C21H22N2O4S/c1-15-6-10-19(11-7-15)28(25,26)22-20-13-17(9-8-16(20)2)21(24)23(3)14-18-5-4-12-27-18/h4-13,22H,14H2,1-3H3. The highest BCUT2D eigenvalue weighted by Crippen LogP contribution is 2.22. The molecule has 3 aromatic rings. The Hall–Kier alpha value is -3.06. The van der Waals surface area contributed by atoms with E-state index in [2.05, 4.69) is 4.72 Å². The first-order valence-electron chi connectivity index (χ1n) is 8.74. The van der Waals surface area contributed by atoms with Crippen LogP contribution in [-0.4, -0.2) is 26.3 Å². The van der Waals surface area contributed by atoms with Gasteiger partial charge in [-0.25, -0.2) is 8.42 Å². The van der Waals surface area contributed by atoms with Crippen molar-refractivity contribution in [1.82, 2.24) is 4.90 Å². The van der Waals surface area contributed by atoms with Gasteiger partial charge in [-0.3, -0.25) is 9.52 Å². The Labute approximate surface area is 164 Å². The fraction of sp³-hybridized carbons (Fsp3) is 0.190. The summed E-state index contributed by atoms with van der Waals surface area (Å²) in [6, 6.07) is 15.1. The second-order valence-electron chi connectivity index (χ2n) is 6.69. The van der Waals surface area contributed by atoms with E-state index in [0.29, 0.717) is 23.6 Å². The highest BCUT2D eigenvalue weighted by atomic mass is 32.2. The number of anilines is 1. The van der Waals surface area contributed by atoms with Crippen molar-refractivity contribution in [2.45, 2.75) is 25.3 Å². The number of benzene rings is 2. The van der Waals surface area contributed by atoms with Crippen LogP contribution < -0.4 is 4.72 Å². The van der Waals surface area contributed by atoms with Crippen molar-refractivity contribution in [2.24, 2.45) is 0 Å². The van der Waals surface area contributed by atoms with Crippen molar-refractivity contribution in [3.8, 4) is 0 Å². The summed E-state index contributed by atoms with van der Waals surface area (Å²) in [5, 5.41) is 0. The van der Waals surface area contributed by atoms with E-state index in [-0.39, 0.29) is 10.8 Å². The van der Waals surface area contributed by atoms with E-state index in [1.165, 1.54) is 4.90 Å². The number of hydrogen-bond donors (Lipinski definition) is 1. The fourth-order valence-electron chi connectivity index (χ4n) is 2.71. The third kappa shape index (κ3) is 4.43. The van der Waals surface area contributed by atoms with Crippen LogP contribution in [0.3, 0.4) is 0 Å². The molecule has 1 heterocycles. The lowest BCUT2D eigenvalue weighted by Gasteiger charge is -2.17. The molecule has 146 valence electrons. The van der Waals surface area contributed by atoms with Gasteiger partial charge in [-0.1, -0.05) is 23.8 Å². The van der Waals surface area contributed by atoms with Gasteiger partial charge < -0.3 is 9.32 Å². The minimum atomic E-state index is -3.75. The largest absolute Gasteiger partial charge is 0.467 e. The number of carbonyl (C=O) groups is 1. The lowest BCUT2D eigenvalue weighted by atomic mass is 10.1. The number of amides is 1. The van der Waals surface area contributed by atoms with Crippen molar-refractivity contribution in [1.29, 1.82) is 0 Å². The average molecular weight is 398 g/mol. The second-order valence-corrected chi connectivity index (χ2v) is 8.37. The van der Waals surface area contributed by atoms with Gasteiger partial charge in [0, 0.05) is 12.6 Å². The highest BCUT2D eigenvalue weighted by Gasteiger charge is 2.18. The van der Waals surface area contributed by atoms with Crippen molar-refractivity contribution < 1.29 is 17.6 Å². The summed E-state index contributed by atoms with van der Waals surface area (Å²) in [5.74, 6) is 0.440. The van der Waals surface area contributed by atoms with E-state index in [1.54, 1.807) is 74.8 Å². The van der Waals surface area contributed by atoms with E-state index >= 15 is 0 Å². The summed E-state index contributed by atoms with van der Waals surface area (Å²) in [5.41, 5.74) is 2.46. The summed E-state index contributed by atoms with van der Waals surface area (Å²) in [6.07, 6.45) is 1.55. The summed E-state index contributed by atoms with van der Waals surface area (Å²) < 4.78 is 33.2. The van der Waals surface area contributed by atoms with Crippen LogP contribution in [0.5, 0.6) is 0 Å². The van der Waals surface area contributed by atoms with Crippen LogP contribution in [0.25, 0.3) is 0 Å². The van der Waals surface area contributed by atoms with E-state index in [4.69, 9.17) is 4.42 Å². The topological polar surface area (TPSA) is 79.6 Å². The molecule has 0 saturated carbocycles. The van der Waals surface area contributed by atoms with Gasteiger partial charge in [0.2, 0.25) is 0 Å². The first kappa shape index (κ1) is 19.7. The van der Waals surface area contributed by atoms with Gasteiger partial charge in [0.05, 0.1) is 23.4 Å². The van der Waals surface area contributed by atoms with Gasteiger partial charge in [-0.2, -0.15) is 0 Å². The molecule has 0 aliphatic rings. The molecular formula is C21H22N2O4S. The lowest BCUT2D eigenvalue weighted by Crippen LogP contribution is -2.26. The summed E-state index contributed by atoms with van der Waals surface area (Å²) in [7, 11) is -2.08. The van der Waals surface area contributed by atoms with Crippen molar-refractivity contribution in [2.75, 3.05) is 11.8 Å². The maximum absolute atomic E-state index is 12.7. The molecule has 1 N–H and O–H groups in total. The highest BCUT2D eigenvalue weighted by molar-refractivity contribution is 7.92. The Balaban J connectivity index is 1.83. The average Bonchev–Trinajstić information content (AvgIpc) is 3.16. The van der Waals surface area contributed by atoms with Gasteiger partial charge in [0.25, 0.3) is 15.9 Å². The maximum Gasteiger partial charge on any atom is 0.261 e. The number of sulfonamides is 1. The van der Waals surface area contributed by atoms with Gasteiger partial charge in [-0.05, 0) is 55.8 Å². The van der Waals surface area contributed by atoms with E-state index in [9.17, 15) is 13.2 Å². The van der Waals surface area contributed by atoms with Gasteiger partial charge in [0.1, 0.15) is 5.76 Å². The number of rotatable bonds is 6. The molecule has 0 radical (unpaired) electrons. The molecule has 3 rings (SSSR count). The minimum absolute atomic E-state index is 0.171. The molecule has 0 saturated heterocycles. The van der Waals surface area contributed by atoms with Crippen LogP contribution in [-0.2, 0) is 16.6 Å². The predicted octanol–water partition coefficient (Wildman–Crippen LogP) is 3.97. The Bertz CT molecular complexity index is 1070. The minimum Gasteiger partial charge on any atom is -0.467 e. The molecule has 0 spiro atoms. The van der Waals surface area contributed by atoms with Crippen LogP contribution in [0, 0.1) is 13.8 Å². The third-order valence-corrected chi connectivity index (χ3v) is 5.76. The first-order valence-corrected chi connectivity index (χ1v) is 10.2. The van der Waals surface area contributed by atoms with E-state index in [1.807, 2.05) is 6.92 Å². The number of carbonyl (C=O) groups excluding carboxylic acids is 1. The summed E-state index contributed by atoms with van der Waals surface area (Å²) in [4.78, 5) is 14.4. The fourth-order valence-corrected chi connectivity index (χ4v) is 3.84. The zero-order valence-electron chi connectivity index (χ0n) is 16.0. The van der Waals surface area contributed by atoms with Crippen LogP contribution in [0.4, 0.5) is 5.69 Å². The zero-order chi connectivity index (χ0) is 20.3. The van der Waals surface area contributed by atoms with Crippen LogP contribution in [0.1, 0.15) is 27.2 Å². The van der Waals surface area contributed by atoms with Crippen LogP contribution >= 0.6 is 0 Å². The molecule has 6 nitrogen and oxygen atoms in total. The molecule has 0 aliphatic heterocycles. The molecule has 7 heteroatoms. The number of aryl methyl sites for hydroxylation is 2. The lowest BCUT2D eigenvalue weighted by molar-refractivity contribution is 0.0775. The molecule has 1 amide bonds. The number of nitrogens with zero attached hydrogens (tertiary/aromatic N) is 1. The first-order chi connectivity index (χ1) is 13.3. The van der Waals surface area contributed by atoms with Crippen LogP contribution in [0.2, 0.25) is 0 Å². The summed E-state index contributed by atoms with van der Waals surface area (Å²) >= 11 is 0. The SMILES string of the molecule is Cc1ccc(S(=O)(=O)Nc2cc(C(=O)N(C)Cc3ccco3)ccc2C)cc1. The van der Waals surface area contributed by atoms with Gasteiger partial charge in [0.15, 0.2) is 0 Å². The molecular weight excluding hydrogens is 376 g/mol. The number of hydrogen-bond acceptors (Lipinski definition) is 4. The van der Waals surface area contributed by atoms with Crippen LogP contribution in [0.15, 0.2) is 70.2 Å². The quantitative estimate of drug-likeness (QED) is 0.681. The smallest absolute Gasteiger partial charge is 0.261 e. The Morgan fingerprint density at radius 3 is 2.43 bits per heavy atom. The molecule has 2 aromatic carbocycles. The predicted molar refractivity (Wildman–Crippen MR) is 108 cm³/mol. The molecule has 0 atom stereocenters. The Morgan fingerprint density at radius 2 is 1.79 bits per heavy atom. The molecule has 0 aliphatic carbocycles. The van der Waals surface area contributed by atoms with E-state index < -0.39 is 10.0 Å². The number of furan rings is 1. The van der Waals surface area contributed by atoms with E-state index in [0.717, 1.165) is 11.1 Å². The van der Waals surface area contributed by atoms with Crippen molar-refractivity contribution in [3.63, 3.8) is 0 Å². The molecule has 0 unspecified atom stereocenters. The second kappa shape index (κ2) is 7.90. The van der Waals surface area contributed by atoms with Gasteiger partial charge in [-0.15, -0.1) is 0 Å². The monoisotopic (exact) mass is 398 g/mol. The maximum atomic E-state index is 12.7. The zero-order valence-corrected chi connectivity index (χ0v) is 16.8. The normalized spacial score (nSPS) is 11.2. The third-order valence-electron chi connectivity index (χ3n) is 4.38. The Morgan fingerprint density at radius 1 is 1.07 bits per heavy atom. The number of nitrogens with one attached hydrogen (secondary N) is 1. The van der Waals surface area contributed by atoms with Gasteiger partial charge >= 0.3 is 0 Å². The summed E-state index contributed by atoms with van der Waals surface area (Å²) in [6.45, 7) is 4.00. The molecule has 28 heavy (non-hydrogen) atoms.